The third kappa shape index (κ3) is 5.10. The van der Waals surface area contributed by atoms with E-state index in [4.69, 9.17) is 11.6 Å². The lowest BCUT2D eigenvalue weighted by Gasteiger charge is -2.14. The van der Waals surface area contributed by atoms with Crippen LogP contribution in [0.25, 0.3) is 0 Å². The summed E-state index contributed by atoms with van der Waals surface area (Å²) in [6, 6.07) is 11.1. The zero-order valence-corrected chi connectivity index (χ0v) is 13.0. The molecule has 0 saturated carbocycles. The number of para-hydroxylation sites is 1. The van der Waals surface area contributed by atoms with Crippen LogP contribution < -0.4 is 15.4 Å². The Morgan fingerprint density at radius 2 is 1.91 bits per heavy atom. The number of urea groups is 1. The van der Waals surface area contributed by atoms with Crippen molar-refractivity contribution in [2.45, 2.75) is 20.1 Å². The summed E-state index contributed by atoms with van der Waals surface area (Å²) in [7, 11) is 0. The van der Waals surface area contributed by atoms with Crippen LogP contribution in [-0.4, -0.2) is 12.6 Å². The zero-order valence-electron chi connectivity index (χ0n) is 12.3. The molecule has 0 radical (unpaired) electrons. The number of hydrogen-bond acceptors (Lipinski definition) is 2. The molecular formula is C16H15ClF2N2O2. The van der Waals surface area contributed by atoms with Gasteiger partial charge in [0, 0.05) is 11.6 Å². The Balaban J connectivity index is 2.01. The molecule has 2 aromatic carbocycles. The van der Waals surface area contributed by atoms with E-state index in [0.29, 0.717) is 10.6 Å². The van der Waals surface area contributed by atoms with Gasteiger partial charge in [-0.3, -0.25) is 0 Å². The average Bonchev–Trinajstić information content (AvgIpc) is 2.50. The number of amides is 2. The van der Waals surface area contributed by atoms with E-state index in [-0.39, 0.29) is 18.0 Å². The van der Waals surface area contributed by atoms with Crippen molar-refractivity contribution in [1.29, 1.82) is 0 Å². The maximum Gasteiger partial charge on any atom is 0.387 e. The lowest BCUT2D eigenvalue weighted by atomic mass is 10.2. The largest absolute Gasteiger partial charge is 0.433 e. The Bertz CT molecular complexity index is 678. The molecule has 0 unspecified atom stereocenters. The van der Waals surface area contributed by atoms with Crippen molar-refractivity contribution in [3.63, 3.8) is 0 Å². The third-order valence-electron chi connectivity index (χ3n) is 3.06. The number of ether oxygens (including phenoxy) is 1. The van der Waals surface area contributed by atoms with Crippen LogP contribution in [0.3, 0.4) is 0 Å². The second-order valence-corrected chi connectivity index (χ2v) is 5.20. The molecule has 7 heteroatoms. The highest BCUT2D eigenvalue weighted by molar-refractivity contribution is 6.30. The maximum atomic E-state index is 12.4. The lowest BCUT2D eigenvalue weighted by molar-refractivity contribution is -0.0493. The van der Waals surface area contributed by atoms with Gasteiger partial charge >= 0.3 is 12.6 Å². The number of rotatable bonds is 5. The Hall–Kier alpha value is -2.34. The number of nitrogens with one attached hydrogen (secondary N) is 2. The minimum absolute atomic E-state index is 0.0818. The molecule has 0 heterocycles. The molecule has 23 heavy (non-hydrogen) atoms. The molecule has 4 nitrogen and oxygen atoms in total. The first-order valence-electron chi connectivity index (χ1n) is 6.79. The highest BCUT2D eigenvalue weighted by Gasteiger charge is 2.13. The average molecular weight is 341 g/mol. The number of carbonyl (C=O) groups excluding carboxylic acids is 1. The van der Waals surface area contributed by atoms with Gasteiger partial charge in [-0.25, -0.2) is 4.79 Å². The molecule has 0 bridgehead atoms. The normalized spacial score (nSPS) is 10.5. The second kappa shape index (κ2) is 7.78. The number of carbonyl (C=O) groups is 1. The Morgan fingerprint density at radius 3 is 2.57 bits per heavy atom. The van der Waals surface area contributed by atoms with E-state index in [1.807, 2.05) is 0 Å². The molecule has 2 aromatic rings. The molecule has 2 rings (SSSR count). The van der Waals surface area contributed by atoms with E-state index in [0.717, 1.165) is 5.56 Å². The number of halogens is 3. The molecule has 0 aliphatic carbocycles. The molecular weight excluding hydrogens is 326 g/mol. The number of alkyl halides is 2. The van der Waals surface area contributed by atoms with Gasteiger partial charge in [-0.05, 0) is 36.2 Å². The minimum atomic E-state index is -2.96. The Morgan fingerprint density at radius 1 is 1.22 bits per heavy atom. The fraction of sp³-hybridized carbons (Fsp3) is 0.188. The first kappa shape index (κ1) is 17.0. The first-order valence-corrected chi connectivity index (χ1v) is 7.17. The van der Waals surface area contributed by atoms with Crippen molar-refractivity contribution in [1.82, 2.24) is 5.32 Å². The summed E-state index contributed by atoms with van der Waals surface area (Å²) >= 11 is 5.78. The molecule has 0 fully saturated rings. The highest BCUT2D eigenvalue weighted by Crippen LogP contribution is 2.29. The molecule has 0 aromatic heterocycles. The molecule has 0 aliphatic heterocycles. The van der Waals surface area contributed by atoms with Crippen molar-refractivity contribution >= 4 is 23.3 Å². The van der Waals surface area contributed by atoms with Crippen LogP contribution in [0.5, 0.6) is 5.75 Å². The van der Waals surface area contributed by atoms with Crippen LogP contribution in [0.1, 0.15) is 11.1 Å². The van der Waals surface area contributed by atoms with E-state index >= 15 is 0 Å². The van der Waals surface area contributed by atoms with Gasteiger partial charge in [-0.2, -0.15) is 8.78 Å². The SMILES string of the molecule is Cc1cccc(OC(F)F)c1NC(=O)NCc1ccc(Cl)cc1. The van der Waals surface area contributed by atoms with Crippen LogP contribution in [-0.2, 0) is 6.54 Å². The summed E-state index contributed by atoms with van der Waals surface area (Å²) in [5.41, 5.74) is 1.68. The number of benzene rings is 2. The van der Waals surface area contributed by atoms with Gasteiger partial charge in [0.2, 0.25) is 0 Å². The third-order valence-corrected chi connectivity index (χ3v) is 3.31. The second-order valence-electron chi connectivity index (χ2n) is 4.76. The first-order chi connectivity index (χ1) is 11.0. The van der Waals surface area contributed by atoms with E-state index in [2.05, 4.69) is 15.4 Å². The van der Waals surface area contributed by atoms with Gasteiger partial charge < -0.3 is 15.4 Å². The summed E-state index contributed by atoms with van der Waals surface area (Å²) in [5.74, 6) is -0.0818. The predicted molar refractivity (Wildman–Crippen MR) is 85.1 cm³/mol. The highest BCUT2D eigenvalue weighted by atomic mass is 35.5. The van der Waals surface area contributed by atoms with Crippen molar-refractivity contribution in [2.24, 2.45) is 0 Å². The van der Waals surface area contributed by atoms with E-state index < -0.39 is 12.6 Å². The molecule has 122 valence electrons. The molecule has 2 amide bonds. The van der Waals surface area contributed by atoms with Crippen LogP contribution in [0, 0.1) is 6.92 Å². The molecule has 0 spiro atoms. The molecule has 0 saturated heterocycles. The molecule has 0 aliphatic rings. The summed E-state index contributed by atoms with van der Waals surface area (Å²) in [6.45, 7) is -0.998. The Kier molecular flexibility index (Phi) is 5.76. The topological polar surface area (TPSA) is 50.4 Å². The summed E-state index contributed by atoms with van der Waals surface area (Å²) in [4.78, 5) is 12.0. The van der Waals surface area contributed by atoms with Gasteiger partial charge in [0.25, 0.3) is 0 Å². The van der Waals surface area contributed by atoms with Crippen molar-refractivity contribution in [3.8, 4) is 5.75 Å². The van der Waals surface area contributed by atoms with E-state index in [9.17, 15) is 13.6 Å². The van der Waals surface area contributed by atoms with Crippen LogP contribution in [0.2, 0.25) is 5.02 Å². The van der Waals surface area contributed by atoms with Crippen LogP contribution in [0.4, 0.5) is 19.3 Å². The monoisotopic (exact) mass is 340 g/mol. The summed E-state index contributed by atoms with van der Waals surface area (Å²) in [5, 5.41) is 5.77. The minimum Gasteiger partial charge on any atom is -0.433 e. The predicted octanol–water partition coefficient (Wildman–Crippen LogP) is 4.57. The maximum absolute atomic E-state index is 12.4. The van der Waals surface area contributed by atoms with Gasteiger partial charge in [-0.1, -0.05) is 35.9 Å². The van der Waals surface area contributed by atoms with Gasteiger partial charge in [-0.15, -0.1) is 0 Å². The van der Waals surface area contributed by atoms with Crippen LogP contribution in [0.15, 0.2) is 42.5 Å². The van der Waals surface area contributed by atoms with Gasteiger partial charge in [0.15, 0.2) is 0 Å². The fourth-order valence-corrected chi connectivity index (χ4v) is 2.06. The van der Waals surface area contributed by atoms with Gasteiger partial charge in [0.05, 0.1) is 5.69 Å². The molecule has 2 N–H and O–H groups in total. The number of anilines is 1. The number of hydrogen-bond donors (Lipinski definition) is 2. The lowest BCUT2D eigenvalue weighted by Crippen LogP contribution is -2.28. The van der Waals surface area contributed by atoms with Gasteiger partial charge in [0.1, 0.15) is 5.75 Å². The standard InChI is InChI=1S/C16H15ClF2N2O2/c1-10-3-2-4-13(23-15(18)19)14(10)21-16(22)20-9-11-5-7-12(17)8-6-11/h2-8,15H,9H2,1H3,(H2,20,21,22). The zero-order chi connectivity index (χ0) is 16.8. The smallest absolute Gasteiger partial charge is 0.387 e. The van der Waals surface area contributed by atoms with E-state index in [1.54, 1.807) is 43.3 Å². The fourth-order valence-electron chi connectivity index (χ4n) is 1.94. The van der Waals surface area contributed by atoms with Crippen molar-refractivity contribution in [2.75, 3.05) is 5.32 Å². The molecule has 0 atom stereocenters. The van der Waals surface area contributed by atoms with Crippen molar-refractivity contribution in [3.05, 3.63) is 58.6 Å². The Labute approximate surface area is 137 Å². The van der Waals surface area contributed by atoms with Crippen molar-refractivity contribution < 1.29 is 18.3 Å². The summed E-state index contributed by atoms with van der Waals surface area (Å²) in [6.07, 6.45) is 0. The quantitative estimate of drug-likeness (QED) is 0.837. The van der Waals surface area contributed by atoms with Crippen LogP contribution >= 0.6 is 11.6 Å². The van der Waals surface area contributed by atoms with E-state index in [1.165, 1.54) is 6.07 Å². The number of aryl methyl sites for hydroxylation is 1. The summed E-state index contributed by atoms with van der Waals surface area (Å²) < 4.78 is 29.2.